The SMILES string of the molecule is Cc1nn(C)c(Cl)c1CN(C)Cc1ccoc1C. The summed E-state index contributed by atoms with van der Waals surface area (Å²) in [6.45, 7) is 5.58. The minimum Gasteiger partial charge on any atom is -0.469 e. The van der Waals surface area contributed by atoms with Crippen LogP contribution < -0.4 is 0 Å². The van der Waals surface area contributed by atoms with Gasteiger partial charge in [0.25, 0.3) is 0 Å². The summed E-state index contributed by atoms with van der Waals surface area (Å²) < 4.78 is 7.01. The van der Waals surface area contributed by atoms with Crippen LogP contribution in [0.2, 0.25) is 5.15 Å². The fourth-order valence-corrected chi connectivity index (χ4v) is 2.28. The normalized spacial score (nSPS) is 11.4. The molecule has 98 valence electrons. The molecule has 0 amide bonds. The van der Waals surface area contributed by atoms with E-state index in [1.807, 2.05) is 27.0 Å². The first kappa shape index (κ1) is 13.2. The van der Waals surface area contributed by atoms with Gasteiger partial charge in [0.05, 0.1) is 12.0 Å². The molecule has 0 saturated carbocycles. The first-order valence-electron chi connectivity index (χ1n) is 5.88. The van der Waals surface area contributed by atoms with Crippen molar-refractivity contribution >= 4 is 11.6 Å². The second kappa shape index (κ2) is 5.16. The highest BCUT2D eigenvalue weighted by Crippen LogP contribution is 2.21. The van der Waals surface area contributed by atoms with Gasteiger partial charge in [0.1, 0.15) is 10.9 Å². The van der Waals surface area contributed by atoms with Gasteiger partial charge in [-0.15, -0.1) is 0 Å². The van der Waals surface area contributed by atoms with Gasteiger partial charge in [-0.3, -0.25) is 9.58 Å². The van der Waals surface area contributed by atoms with Crippen LogP contribution in [0.15, 0.2) is 16.7 Å². The highest BCUT2D eigenvalue weighted by molar-refractivity contribution is 6.30. The predicted molar refractivity (Wildman–Crippen MR) is 71.6 cm³/mol. The second-order valence-electron chi connectivity index (χ2n) is 4.65. The molecule has 0 aliphatic heterocycles. The molecule has 0 aliphatic carbocycles. The maximum absolute atomic E-state index is 6.23. The fraction of sp³-hybridized carbons (Fsp3) is 0.462. The van der Waals surface area contributed by atoms with Crippen molar-refractivity contribution in [2.45, 2.75) is 26.9 Å². The van der Waals surface area contributed by atoms with Crippen molar-refractivity contribution in [3.05, 3.63) is 40.1 Å². The van der Waals surface area contributed by atoms with Gasteiger partial charge in [0, 0.05) is 31.3 Å². The van der Waals surface area contributed by atoms with Gasteiger partial charge < -0.3 is 4.42 Å². The van der Waals surface area contributed by atoms with Crippen molar-refractivity contribution in [2.24, 2.45) is 7.05 Å². The molecule has 2 aromatic heterocycles. The Kier molecular flexibility index (Phi) is 3.78. The first-order chi connectivity index (χ1) is 8.49. The van der Waals surface area contributed by atoms with Crippen LogP contribution in [0.3, 0.4) is 0 Å². The van der Waals surface area contributed by atoms with Crippen LogP contribution in [0.1, 0.15) is 22.6 Å². The molecule has 5 heteroatoms. The topological polar surface area (TPSA) is 34.2 Å². The fourth-order valence-electron chi connectivity index (χ4n) is 2.05. The lowest BCUT2D eigenvalue weighted by Gasteiger charge is -2.16. The third-order valence-electron chi connectivity index (χ3n) is 3.10. The summed E-state index contributed by atoms with van der Waals surface area (Å²) in [5.74, 6) is 0.968. The lowest BCUT2D eigenvalue weighted by molar-refractivity contribution is 0.315. The van der Waals surface area contributed by atoms with E-state index in [0.29, 0.717) is 5.15 Å². The molecular formula is C13H18ClN3O. The molecular weight excluding hydrogens is 250 g/mol. The Morgan fingerprint density at radius 1 is 1.39 bits per heavy atom. The van der Waals surface area contributed by atoms with Gasteiger partial charge in [-0.05, 0) is 27.0 Å². The Bertz CT molecular complexity index is 544. The number of hydrogen-bond donors (Lipinski definition) is 0. The summed E-state index contributed by atoms with van der Waals surface area (Å²) in [6.07, 6.45) is 1.72. The summed E-state index contributed by atoms with van der Waals surface area (Å²) in [4.78, 5) is 2.20. The third kappa shape index (κ3) is 2.60. The van der Waals surface area contributed by atoms with E-state index in [0.717, 1.165) is 30.1 Å². The summed E-state index contributed by atoms with van der Waals surface area (Å²) in [7, 11) is 3.92. The minimum atomic E-state index is 0.711. The Balaban J connectivity index is 2.07. The largest absolute Gasteiger partial charge is 0.469 e. The number of nitrogens with zero attached hydrogens (tertiary/aromatic N) is 3. The molecule has 4 nitrogen and oxygen atoms in total. The number of hydrogen-bond acceptors (Lipinski definition) is 3. The van der Waals surface area contributed by atoms with Crippen molar-refractivity contribution in [2.75, 3.05) is 7.05 Å². The van der Waals surface area contributed by atoms with E-state index in [1.165, 1.54) is 5.56 Å². The number of aryl methyl sites for hydroxylation is 3. The zero-order valence-corrected chi connectivity index (χ0v) is 12.0. The Hall–Kier alpha value is -1.26. The average Bonchev–Trinajstić information content (AvgIpc) is 2.79. The van der Waals surface area contributed by atoms with Crippen LogP contribution in [0.5, 0.6) is 0 Å². The summed E-state index contributed by atoms with van der Waals surface area (Å²) in [6, 6.07) is 2.00. The van der Waals surface area contributed by atoms with E-state index in [4.69, 9.17) is 16.0 Å². The standard InChI is InChI=1S/C13H18ClN3O/c1-9-12(13(14)17(4)15-9)8-16(3)7-11-5-6-18-10(11)2/h5-6H,7-8H2,1-4H3. The summed E-state index contributed by atoms with van der Waals surface area (Å²) in [5, 5.41) is 5.03. The van der Waals surface area contributed by atoms with E-state index in [9.17, 15) is 0 Å². The van der Waals surface area contributed by atoms with Crippen molar-refractivity contribution in [1.29, 1.82) is 0 Å². The molecule has 0 bridgehead atoms. The van der Waals surface area contributed by atoms with E-state index >= 15 is 0 Å². The van der Waals surface area contributed by atoms with Crippen molar-refractivity contribution in [1.82, 2.24) is 14.7 Å². The maximum atomic E-state index is 6.23. The lowest BCUT2D eigenvalue weighted by Crippen LogP contribution is -2.17. The van der Waals surface area contributed by atoms with Gasteiger partial charge in [0.15, 0.2) is 0 Å². The number of halogens is 1. The molecule has 0 atom stereocenters. The highest BCUT2D eigenvalue weighted by Gasteiger charge is 2.14. The zero-order chi connectivity index (χ0) is 13.3. The Morgan fingerprint density at radius 3 is 2.61 bits per heavy atom. The van der Waals surface area contributed by atoms with E-state index in [-0.39, 0.29) is 0 Å². The van der Waals surface area contributed by atoms with Crippen LogP contribution in [0, 0.1) is 13.8 Å². The minimum absolute atomic E-state index is 0.711. The molecule has 2 aromatic rings. The first-order valence-corrected chi connectivity index (χ1v) is 6.26. The van der Waals surface area contributed by atoms with Gasteiger partial charge in [0.2, 0.25) is 0 Å². The molecule has 0 spiro atoms. The number of aromatic nitrogens is 2. The van der Waals surface area contributed by atoms with Crippen molar-refractivity contribution in [3.8, 4) is 0 Å². The van der Waals surface area contributed by atoms with Gasteiger partial charge in [-0.1, -0.05) is 11.6 Å². The van der Waals surface area contributed by atoms with Gasteiger partial charge >= 0.3 is 0 Å². The highest BCUT2D eigenvalue weighted by atomic mass is 35.5. The maximum Gasteiger partial charge on any atom is 0.131 e. The molecule has 0 unspecified atom stereocenters. The molecule has 0 radical (unpaired) electrons. The lowest BCUT2D eigenvalue weighted by atomic mass is 10.2. The molecule has 0 aliphatic rings. The molecule has 2 heterocycles. The molecule has 0 aromatic carbocycles. The molecule has 0 fully saturated rings. The van der Waals surface area contributed by atoms with Gasteiger partial charge in [-0.2, -0.15) is 5.10 Å². The summed E-state index contributed by atoms with van der Waals surface area (Å²) in [5.41, 5.74) is 3.27. The Labute approximate surface area is 112 Å². The predicted octanol–water partition coefficient (Wildman–Crippen LogP) is 2.92. The number of rotatable bonds is 4. The third-order valence-corrected chi connectivity index (χ3v) is 3.58. The van der Waals surface area contributed by atoms with Gasteiger partial charge in [-0.25, -0.2) is 0 Å². The summed E-state index contributed by atoms with van der Waals surface area (Å²) >= 11 is 6.23. The molecule has 2 rings (SSSR count). The van der Waals surface area contributed by atoms with Crippen LogP contribution in [-0.2, 0) is 20.1 Å². The molecule has 0 saturated heterocycles. The van der Waals surface area contributed by atoms with Crippen LogP contribution in [0.25, 0.3) is 0 Å². The zero-order valence-electron chi connectivity index (χ0n) is 11.2. The van der Waals surface area contributed by atoms with Crippen LogP contribution >= 0.6 is 11.6 Å². The molecule has 0 N–H and O–H groups in total. The Morgan fingerprint density at radius 2 is 2.11 bits per heavy atom. The van der Waals surface area contributed by atoms with Crippen molar-refractivity contribution < 1.29 is 4.42 Å². The van der Waals surface area contributed by atoms with E-state index in [1.54, 1.807) is 10.9 Å². The van der Waals surface area contributed by atoms with E-state index in [2.05, 4.69) is 17.0 Å². The quantitative estimate of drug-likeness (QED) is 0.854. The van der Waals surface area contributed by atoms with Crippen LogP contribution in [-0.4, -0.2) is 21.7 Å². The smallest absolute Gasteiger partial charge is 0.131 e. The molecule has 18 heavy (non-hydrogen) atoms. The number of furan rings is 1. The van der Waals surface area contributed by atoms with E-state index < -0.39 is 0 Å². The average molecular weight is 268 g/mol. The van der Waals surface area contributed by atoms with Crippen molar-refractivity contribution in [3.63, 3.8) is 0 Å². The van der Waals surface area contributed by atoms with Crippen LogP contribution in [0.4, 0.5) is 0 Å². The monoisotopic (exact) mass is 267 g/mol. The second-order valence-corrected chi connectivity index (χ2v) is 5.01.